The van der Waals surface area contributed by atoms with Crippen molar-refractivity contribution in [2.45, 2.75) is 73.6 Å². The third kappa shape index (κ3) is 6.81. The second kappa shape index (κ2) is 15.2. The number of benzene rings is 2. The highest BCUT2D eigenvalue weighted by Crippen LogP contribution is 2.51. The van der Waals surface area contributed by atoms with E-state index in [4.69, 9.17) is 42.6 Å². The zero-order chi connectivity index (χ0) is 35.0. The smallest absolute Gasteiger partial charge is 0.229 e. The summed E-state index contributed by atoms with van der Waals surface area (Å²) in [4.78, 5) is 0. The number of rotatable bonds is 11. The van der Waals surface area contributed by atoms with E-state index in [2.05, 4.69) is 0 Å². The van der Waals surface area contributed by atoms with Crippen molar-refractivity contribution in [1.29, 1.82) is 0 Å². The van der Waals surface area contributed by atoms with Gasteiger partial charge in [-0.25, -0.2) is 0 Å². The monoisotopic (exact) mass is 696 g/mol. The fraction of sp³-hybridized carbons (Fsp3) is 0.636. The first-order chi connectivity index (χ1) is 23.6. The number of aliphatic hydroxyl groups excluding tert-OH is 7. The number of ether oxygens (including phenoxy) is 9. The second-order valence-corrected chi connectivity index (χ2v) is 12.5. The summed E-state index contributed by atoms with van der Waals surface area (Å²) < 4.78 is 51.6. The molecule has 14 atom stereocenters. The van der Waals surface area contributed by atoms with Gasteiger partial charge in [0.05, 0.1) is 60.0 Å². The molecule has 49 heavy (non-hydrogen) atoms. The average Bonchev–Trinajstić information content (AvgIpc) is 3.74. The molecule has 0 aliphatic carbocycles. The Hall–Kier alpha value is -2.84. The van der Waals surface area contributed by atoms with Crippen LogP contribution in [0.4, 0.5) is 0 Å². The standard InChI is InChI=1S/C33H44O16/c1-41-18-6-4-14(8-20(18)42-2)29-16-12-45-30(17(16)13-44-29)15-5-7-19(21(9-15)43-3)46-32-28(40)26(38)31(23(11-35)48-32)49-33-27(39)25(37)24(36)22(10-34)47-33/h4-9,16-17,22-40H,10-13H2,1-3H3/t16-,17+,22-,23-,24+,25+,26-,27+,28+,29+,30+,31+,32+,33-/m0/s1. The van der Waals surface area contributed by atoms with Gasteiger partial charge in [0, 0.05) is 11.8 Å². The molecule has 16 nitrogen and oxygen atoms in total. The molecule has 2 aromatic rings. The molecule has 4 aliphatic heterocycles. The van der Waals surface area contributed by atoms with E-state index in [1.54, 1.807) is 32.4 Å². The normalized spacial score (nSPS) is 39.0. The van der Waals surface area contributed by atoms with E-state index in [0.29, 0.717) is 30.5 Å². The Bertz CT molecular complexity index is 1410. The highest BCUT2D eigenvalue weighted by Gasteiger charge is 2.52. The molecule has 6 rings (SSSR count). The van der Waals surface area contributed by atoms with E-state index in [0.717, 1.165) is 11.1 Å². The van der Waals surface area contributed by atoms with Crippen LogP contribution in [0.15, 0.2) is 36.4 Å². The summed E-state index contributed by atoms with van der Waals surface area (Å²) in [5.41, 5.74) is 1.78. The van der Waals surface area contributed by atoms with Crippen molar-refractivity contribution in [3.63, 3.8) is 0 Å². The lowest BCUT2D eigenvalue weighted by Gasteiger charge is -2.45. The molecule has 0 bridgehead atoms. The topological polar surface area (TPSA) is 225 Å². The van der Waals surface area contributed by atoms with E-state index in [1.165, 1.54) is 7.11 Å². The zero-order valence-corrected chi connectivity index (χ0v) is 27.2. The molecular formula is C33H44O16. The highest BCUT2D eigenvalue weighted by molar-refractivity contribution is 5.45. The molecule has 4 heterocycles. The summed E-state index contributed by atoms with van der Waals surface area (Å²) in [6, 6.07) is 10.9. The first kappa shape index (κ1) is 36.0. The molecule has 0 saturated carbocycles. The molecule has 272 valence electrons. The van der Waals surface area contributed by atoms with Gasteiger partial charge in [-0.3, -0.25) is 0 Å². The van der Waals surface area contributed by atoms with Crippen molar-refractivity contribution in [2.24, 2.45) is 11.8 Å². The Morgan fingerprint density at radius 3 is 1.65 bits per heavy atom. The maximum absolute atomic E-state index is 11.0. The Balaban J connectivity index is 1.13. The van der Waals surface area contributed by atoms with Gasteiger partial charge in [-0.2, -0.15) is 0 Å². The summed E-state index contributed by atoms with van der Waals surface area (Å²) >= 11 is 0. The van der Waals surface area contributed by atoms with E-state index >= 15 is 0 Å². The van der Waals surface area contributed by atoms with Gasteiger partial charge in [-0.15, -0.1) is 0 Å². The van der Waals surface area contributed by atoms with Crippen molar-refractivity contribution >= 4 is 0 Å². The average molecular weight is 697 g/mol. The van der Waals surface area contributed by atoms with Crippen molar-refractivity contribution in [2.75, 3.05) is 47.8 Å². The number of methoxy groups -OCH3 is 3. The van der Waals surface area contributed by atoms with Crippen LogP contribution < -0.4 is 18.9 Å². The van der Waals surface area contributed by atoms with Gasteiger partial charge >= 0.3 is 0 Å². The summed E-state index contributed by atoms with van der Waals surface area (Å²) in [6.07, 6.45) is -16.2. The highest BCUT2D eigenvalue weighted by atomic mass is 16.7. The van der Waals surface area contributed by atoms with Crippen LogP contribution in [-0.2, 0) is 23.7 Å². The number of hydrogen-bond donors (Lipinski definition) is 7. The van der Waals surface area contributed by atoms with Crippen LogP contribution in [0.1, 0.15) is 23.3 Å². The molecule has 0 radical (unpaired) electrons. The van der Waals surface area contributed by atoms with E-state index in [-0.39, 0.29) is 29.8 Å². The molecule has 0 spiro atoms. The van der Waals surface area contributed by atoms with Crippen molar-refractivity contribution in [1.82, 2.24) is 0 Å². The van der Waals surface area contributed by atoms with Crippen LogP contribution in [0.25, 0.3) is 0 Å². The second-order valence-electron chi connectivity index (χ2n) is 12.5. The van der Waals surface area contributed by atoms with Gasteiger partial charge < -0.3 is 78.4 Å². The largest absolute Gasteiger partial charge is 0.493 e. The Labute approximate surface area is 282 Å². The molecule has 0 aromatic heterocycles. The zero-order valence-electron chi connectivity index (χ0n) is 27.2. The van der Waals surface area contributed by atoms with Crippen LogP contribution in [0.2, 0.25) is 0 Å². The number of fused-ring (bicyclic) bond motifs is 1. The lowest BCUT2D eigenvalue weighted by Crippen LogP contribution is -2.65. The SMILES string of the molecule is COc1ccc([C@H]2OC[C@@H]3[C@@H]2CO[C@@H]3c2ccc(O[C@@H]3O[C@@H](CO)[C@@H](O[C@@H]4O[C@@H](CO)[C@@H](O)[C@@H](O)[C@H]4O)[C@@H](O)[C@H]3O)c(OC)c2)cc1OC. The van der Waals surface area contributed by atoms with Gasteiger partial charge in [-0.1, -0.05) is 12.1 Å². The molecule has 2 aromatic carbocycles. The molecule has 4 aliphatic rings. The summed E-state index contributed by atoms with van der Waals surface area (Å²) in [7, 11) is 4.62. The third-order valence-corrected chi connectivity index (χ3v) is 9.72. The lowest BCUT2D eigenvalue weighted by atomic mass is 9.85. The fourth-order valence-electron chi connectivity index (χ4n) is 7.00. The minimum atomic E-state index is -1.77. The van der Waals surface area contributed by atoms with Gasteiger partial charge in [0.2, 0.25) is 6.29 Å². The molecule has 0 unspecified atom stereocenters. The lowest BCUT2D eigenvalue weighted by molar-refractivity contribution is -0.352. The quantitative estimate of drug-likeness (QED) is 0.146. The molecule has 4 saturated heterocycles. The fourth-order valence-corrected chi connectivity index (χ4v) is 7.00. The third-order valence-electron chi connectivity index (χ3n) is 9.72. The van der Waals surface area contributed by atoms with Gasteiger partial charge in [0.25, 0.3) is 0 Å². The number of aliphatic hydroxyl groups is 7. The van der Waals surface area contributed by atoms with Crippen LogP contribution in [0.5, 0.6) is 23.0 Å². The van der Waals surface area contributed by atoms with Crippen molar-refractivity contribution in [3.05, 3.63) is 47.5 Å². The predicted octanol–water partition coefficient (Wildman–Crippen LogP) is -1.21. The Morgan fingerprint density at radius 2 is 1.10 bits per heavy atom. The summed E-state index contributed by atoms with van der Waals surface area (Å²) in [6.45, 7) is -0.442. The van der Waals surface area contributed by atoms with Gasteiger partial charge in [-0.05, 0) is 35.4 Å². The van der Waals surface area contributed by atoms with Gasteiger partial charge in [0.1, 0.15) is 48.8 Å². The molecule has 4 fully saturated rings. The maximum Gasteiger partial charge on any atom is 0.229 e. The van der Waals surface area contributed by atoms with Crippen molar-refractivity contribution < 1.29 is 78.4 Å². The molecular weight excluding hydrogens is 652 g/mol. The summed E-state index contributed by atoms with van der Waals surface area (Å²) in [5.74, 6) is 1.86. The molecule has 0 amide bonds. The predicted molar refractivity (Wildman–Crippen MR) is 164 cm³/mol. The first-order valence-electron chi connectivity index (χ1n) is 16.0. The molecule has 16 heteroatoms. The van der Waals surface area contributed by atoms with Crippen LogP contribution in [0.3, 0.4) is 0 Å². The van der Waals surface area contributed by atoms with E-state index in [1.807, 2.05) is 18.2 Å². The van der Waals surface area contributed by atoms with Gasteiger partial charge in [0.15, 0.2) is 29.3 Å². The van der Waals surface area contributed by atoms with Crippen LogP contribution >= 0.6 is 0 Å². The number of hydrogen-bond acceptors (Lipinski definition) is 16. The first-order valence-corrected chi connectivity index (χ1v) is 16.0. The summed E-state index contributed by atoms with van der Waals surface area (Å²) in [5, 5.41) is 72.0. The van der Waals surface area contributed by atoms with Crippen molar-refractivity contribution in [3.8, 4) is 23.0 Å². The minimum absolute atomic E-state index is 0.0548. The van der Waals surface area contributed by atoms with Crippen LogP contribution in [-0.4, -0.2) is 145 Å². The van der Waals surface area contributed by atoms with Crippen LogP contribution in [0, 0.1) is 11.8 Å². The minimum Gasteiger partial charge on any atom is -0.493 e. The molecule has 7 N–H and O–H groups in total. The van der Waals surface area contributed by atoms with E-state index in [9.17, 15) is 35.7 Å². The van der Waals surface area contributed by atoms with E-state index < -0.39 is 74.6 Å². The Morgan fingerprint density at radius 1 is 0.592 bits per heavy atom. The Kier molecular flexibility index (Phi) is 11.1. The maximum atomic E-state index is 11.0.